The van der Waals surface area contributed by atoms with Gasteiger partial charge in [-0.3, -0.25) is 14.4 Å². The summed E-state index contributed by atoms with van der Waals surface area (Å²) in [7, 11) is 0. The Balaban J connectivity index is 1.71. The van der Waals surface area contributed by atoms with Crippen molar-refractivity contribution < 1.29 is 22.8 Å². The number of halogens is 3. The maximum Gasteiger partial charge on any atom is 0.416 e. The molecule has 3 rings (SSSR count). The smallest absolute Gasteiger partial charge is 0.327 e. The molecule has 1 aromatic heterocycles. The number of anilines is 2. The molecule has 10 heteroatoms. The number of hydrogen-bond donors (Lipinski definition) is 3. The summed E-state index contributed by atoms with van der Waals surface area (Å²) < 4.78 is 38.2. The third-order valence-electron chi connectivity index (χ3n) is 3.59. The van der Waals surface area contributed by atoms with E-state index >= 15 is 0 Å². The van der Waals surface area contributed by atoms with Gasteiger partial charge >= 0.3 is 6.18 Å². The Morgan fingerprint density at radius 2 is 2.00 bits per heavy atom. The van der Waals surface area contributed by atoms with Crippen LogP contribution >= 0.6 is 11.8 Å². The minimum absolute atomic E-state index is 0.0499. The number of carbonyl (C=O) groups excluding carboxylic acids is 2. The van der Waals surface area contributed by atoms with Crippen LogP contribution in [0, 0.1) is 0 Å². The van der Waals surface area contributed by atoms with Crippen LogP contribution in [0.15, 0.2) is 46.2 Å². The van der Waals surface area contributed by atoms with E-state index in [9.17, 15) is 27.6 Å². The molecule has 26 heavy (non-hydrogen) atoms. The Bertz CT molecular complexity index is 927. The lowest BCUT2D eigenvalue weighted by molar-refractivity contribution is -0.137. The molecule has 0 saturated carbocycles. The minimum Gasteiger partial charge on any atom is -0.327 e. The molecule has 2 aromatic rings. The monoisotopic (exact) mass is 383 g/mol. The van der Waals surface area contributed by atoms with Crippen LogP contribution in [-0.2, 0) is 15.8 Å². The second-order valence-electron chi connectivity index (χ2n) is 5.47. The molecule has 6 nitrogen and oxygen atoms in total. The van der Waals surface area contributed by atoms with Gasteiger partial charge in [-0.1, -0.05) is 0 Å². The average molecular weight is 383 g/mol. The van der Waals surface area contributed by atoms with E-state index in [0.29, 0.717) is 4.90 Å². The molecule has 0 aliphatic carbocycles. The Labute approximate surface area is 149 Å². The second kappa shape index (κ2) is 6.87. The van der Waals surface area contributed by atoms with Gasteiger partial charge < -0.3 is 15.6 Å². The molecule has 1 atom stereocenters. The summed E-state index contributed by atoms with van der Waals surface area (Å²) in [5, 5.41) is 3.98. The number of nitrogens with one attached hydrogen (secondary N) is 3. The highest BCUT2D eigenvalue weighted by Crippen LogP contribution is 2.40. The normalized spacial score (nSPS) is 16.6. The van der Waals surface area contributed by atoms with Crippen LogP contribution in [0.25, 0.3) is 0 Å². The molecule has 1 aromatic carbocycles. The molecule has 3 N–H and O–H groups in total. The predicted molar refractivity (Wildman–Crippen MR) is 90.0 cm³/mol. The summed E-state index contributed by atoms with van der Waals surface area (Å²) in [6.45, 7) is 0. The number of aromatic nitrogens is 1. The van der Waals surface area contributed by atoms with Crippen LogP contribution in [0.2, 0.25) is 0 Å². The number of pyridine rings is 1. The number of amides is 2. The van der Waals surface area contributed by atoms with Crippen molar-refractivity contribution in [2.24, 2.45) is 0 Å². The molecule has 0 spiro atoms. The third kappa shape index (κ3) is 3.90. The van der Waals surface area contributed by atoms with Crippen LogP contribution < -0.4 is 16.2 Å². The van der Waals surface area contributed by atoms with Gasteiger partial charge in [-0.05, 0) is 30.3 Å². The van der Waals surface area contributed by atoms with Crippen LogP contribution in [0.4, 0.5) is 24.5 Å². The predicted octanol–water partition coefficient (Wildman–Crippen LogP) is 2.84. The Morgan fingerprint density at radius 1 is 1.23 bits per heavy atom. The number of thioether (sulfide) groups is 1. The summed E-state index contributed by atoms with van der Waals surface area (Å²) in [4.78, 5) is 38.6. The van der Waals surface area contributed by atoms with Crippen molar-refractivity contribution >= 4 is 35.0 Å². The number of carbonyl (C=O) groups is 2. The molecule has 0 unspecified atom stereocenters. The van der Waals surface area contributed by atoms with Crippen molar-refractivity contribution in [3.8, 4) is 0 Å². The van der Waals surface area contributed by atoms with E-state index in [4.69, 9.17) is 0 Å². The van der Waals surface area contributed by atoms with Gasteiger partial charge in [-0.15, -0.1) is 11.8 Å². The standard InChI is InChI=1S/C16H12F3N3O3S/c17-16(18,19)8-3-4-11-10(6-8)22-15(25)12(26-11)7-13(23)21-9-2-1-5-20-14(9)24/h1-6,12H,7H2,(H,20,24)(H,21,23)(H,22,25)/t12-/m1/s1. The quantitative estimate of drug-likeness (QED) is 0.760. The fourth-order valence-electron chi connectivity index (χ4n) is 2.35. The molecule has 0 fully saturated rings. The van der Waals surface area contributed by atoms with Gasteiger partial charge in [-0.25, -0.2) is 0 Å². The number of hydrogen-bond acceptors (Lipinski definition) is 4. The number of H-pyrrole nitrogens is 1. The molecule has 136 valence electrons. The zero-order valence-electron chi connectivity index (χ0n) is 13.0. The summed E-state index contributed by atoms with van der Waals surface area (Å²) in [6, 6.07) is 5.99. The van der Waals surface area contributed by atoms with Crippen molar-refractivity contribution in [2.75, 3.05) is 10.6 Å². The van der Waals surface area contributed by atoms with Crippen LogP contribution in [0.1, 0.15) is 12.0 Å². The number of fused-ring (bicyclic) bond motifs is 1. The largest absolute Gasteiger partial charge is 0.416 e. The summed E-state index contributed by atoms with van der Waals surface area (Å²) in [5.41, 5.74) is -1.23. The average Bonchev–Trinajstić information content (AvgIpc) is 2.56. The van der Waals surface area contributed by atoms with Crippen molar-refractivity contribution in [3.63, 3.8) is 0 Å². The molecular formula is C16H12F3N3O3S. The molecule has 0 radical (unpaired) electrons. The summed E-state index contributed by atoms with van der Waals surface area (Å²) in [5.74, 6) is -1.12. The molecule has 1 aliphatic rings. The van der Waals surface area contributed by atoms with Crippen molar-refractivity contribution in [2.45, 2.75) is 22.7 Å². The lowest BCUT2D eigenvalue weighted by Crippen LogP contribution is -2.33. The number of benzene rings is 1. The Hall–Kier alpha value is -2.75. The Kier molecular flexibility index (Phi) is 4.77. The number of aromatic amines is 1. The fraction of sp³-hybridized carbons (Fsp3) is 0.188. The first kappa shape index (κ1) is 18.1. The van der Waals surface area contributed by atoms with Gasteiger partial charge in [0.05, 0.1) is 16.5 Å². The minimum atomic E-state index is -4.51. The lowest BCUT2D eigenvalue weighted by Gasteiger charge is -2.24. The first-order chi connectivity index (χ1) is 12.2. The van der Waals surface area contributed by atoms with Crippen molar-refractivity contribution in [3.05, 3.63) is 52.4 Å². The van der Waals surface area contributed by atoms with Gasteiger partial charge in [0, 0.05) is 17.5 Å². The highest BCUT2D eigenvalue weighted by Gasteiger charge is 2.34. The molecule has 2 amide bonds. The third-order valence-corrected chi connectivity index (χ3v) is 4.86. The summed E-state index contributed by atoms with van der Waals surface area (Å²) in [6.07, 6.45) is -3.33. The van der Waals surface area contributed by atoms with E-state index in [2.05, 4.69) is 15.6 Å². The first-order valence-corrected chi connectivity index (χ1v) is 8.28. The maximum absolute atomic E-state index is 12.7. The van der Waals surface area contributed by atoms with Crippen molar-refractivity contribution in [1.82, 2.24) is 4.98 Å². The van der Waals surface area contributed by atoms with E-state index in [1.165, 1.54) is 24.4 Å². The molecule has 1 aliphatic heterocycles. The zero-order chi connectivity index (χ0) is 18.9. The Morgan fingerprint density at radius 3 is 2.69 bits per heavy atom. The first-order valence-electron chi connectivity index (χ1n) is 7.40. The van der Waals surface area contributed by atoms with E-state index < -0.39 is 34.4 Å². The van der Waals surface area contributed by atoms with Crippen LogP contribution in [0.5, 0.6) is 0 Å². The summed E-state index contributed by atoms with van der Waals surface area (Å²) >= 11 is 1.00. The molecule has 0 bridgehead atoms. The highest BCUT2D eigenvalue weighted by molar-refractivity contribution is 8.01. The number of rotatable bonds is 3. The SMILES string of the molecule is O=C(C[C@H]1Sc2ccc(C(F)(F)F)cc2NC1=O)Nc1ccc[nH]c1=O. The second-order valence-corrected chi connectivity index (χ2v) is 6.71. The van der Waals surface area contributed by atoms with E-state index in [1.54, 1.807) is 0 Å². The highest BCUT2D eigenvalue weighted by atomic mass is 32.2. The van der Waals surface area contributed by atoms with Gasteiger partial charge in [0.25, 0.3) is 5.56 Å². The fourth-order valence-corrected chi connectivity index (χ4v) is 3.44. The van der Waals surface area contributed by atoms with Crippen LogP contribution in [0.3, 0.4) is 0 Å². The molecular weight excluding hydrogens is 371 g/mol. The van der Waals surface area contributed by atoms with E-state index in [1.807, 2.05) is 0 Å². The van der Waals surface area contributed by atoms with Gasteiger partial charge in [0.2, 0.25) is 11.8 Å². The van der Waals surface area contributed by atoms with Gasteiger partial charge in [-0.2, -0.15) is 13.2 Å². The van der Waals surface area contributed by atoms with Crippen molar-refractivity contribution in [1.29, 1.82) is 0 Å². The topological polar surface area (TPSA) is 91.1 Å². The van der Waals surface area contributed by atoms with Crippen LogP contribution in [-0.4, -0.2) is 22.0 Å². The number of alkyl halides is 3. The van der Waals surface area contributed by atoms with E-state index in [0.717, 1.165) is 23.9 Å². The molecule has 0 saturated heterocycles. The lowest BCUT2D eigenvalue weighted by atomic mass is 10.1. The van der Waals surface area contributed by atoms with E-state index in [-0.39, 0.29) is 17.8 Å². The molecule has 2 heterocycles. The van der Waals surface area contributed by atoms with Gasteiger partial charge in [0.1, 0.15) is 5.69 Å². The van der Waals surface area contributed by atoms with Gasteiger partial charge in [0.15, 0.2) is 0 Å². The maximum atomic E-state index is 12.7. The zero-order valence-corrected chi connectivity index (χ0v) is 13.8.